The minimum Gasteiger partial charge on any atom is -0.277 e. The highest BCUT2D eigenvalue weighted by molar-refractivity contribution is 6.64. The Balaban J connectivity index is 2.65. The summed E-state index contributed by atoms with van der Waals surface area (Å²) in [6, 6.07) is 7.21. The van der Waals surface area contributed by atoms with Crippen LogP contribution in [0.4, 0.5) is 5.69 Å². The number of nitrogens with one attached hydrogen (secondary N) is 1. The van der Waals surface area contributed by atoms with Crippen molar-refractivity contribution in [3.8, 4) is 0 Å². The molecule has 0 heterocycles. The fourth-order valence-corrected chi connectivity index (χ4v) is 0.834. The Kier molecular flexibility index (Phi) is 3.38. The maximum Gasteiger partial charge on any atom is 0.123 e. The van der Waals surface area contributed by atoms with Crippen LogP contribution < -0.4 is 5.43 Å². The summed E-state index contributed by atoms with van der Waals surface area (Å²) in [4.78, 5) is 0. The van der Waals surface area contributed by atoms with Crippen molar-refractivity contribution >= 4 is 34.1 Å². The molecule has 0 saturated carbocycles. The largest absolute Gasteiger partial charge is 0.277 e. The maximum absolute atomic E-state index is 5.68. The second-order valence-corrected chi connectivity index (χ2v) is 3.21. The Labute approximate surface area is 81.2 Å². The predicted molar refractivity (Wildman–Crippen MR) is 54.0 cm³/mol. The highest BCUT2D eigenvalue weighted by atomic mass is 35.5. The highest BCUT2D eigenvalue weighted by Crippen LogP contribution is 2.13. The Bertz CT molecular complexity index is 276. The van der Waals surface area contributed by atoms with Crippen LogP contribution in [0.25, 0.3) is 0 Å². The first-order valence-electron chi connectivity index (χ1n) is 3.40. The van der Waals surface area contributed by atoms with Gasteiger partial charge in [0, 0.05) is 5.02 Å². The molecule has 2 nitrogen and oxygen atoms in total. The summed E-state index contributed by atoms with van der Waals surface area (Å²) in [5, 5.41) is 4.98. The zero-order valence-corrected chi connectivity index (χ0v) is 8.02. The van der Waals surface area contributed by atoms with Gasteiger partial charge >= 0.3 is 0 Å². The molecule has 0 aliphatic carbocycles. The molecule has 1 N–H and O–H groups in total. The molecule has 1 aromatic carbocycles. The van der Waals surface area contributed by atoms with E-state index in [1.165, 1.54) is 0 Å². The molecule has 0 bridgehead atoms. The number of nitrogens with zero attached hydrogens (tertiary/aromatic N) is 1. The van der Waals surface area contributed by atoms with Crippen molar-refractivity contribution in [2.24, 2.45) is 5.10 Å². The molecule has 0 fully saturated rings. The van der Waals surface area contributed by atoms with Crippen molar-refractivity contribution in [3.63, 3.8) is 0 Å². The van der Waals surface area contributed by atoms with E-state index < -0.39 is 0 Å². The number of anilines is 1. The molecular formula is C8H8Cl2N2. The Morgan fingerprint density at radius 2 is 1.92 bits per heavy atom. The summed E-state index contributed by atoms with van der Waals surface area (Å²) in [6.07, 6.45) is 0. The first-order chi connectivity index (χ1) is 5.68. The van der Waals surface area contributed by atoms with Crippen LogP contribution in [-0.4, -0.2) is 5.17 Å². The van der Waals surface area contributed by atoms with Crippen LogP contribution in [0.1, 0.15) is 6.92 Å². The van der Waals surface area contributed by atoms with Gasteiger partial charge in [0.1, 0.15) is 5.17 Å². The number of hydrogen-bond acceptors (Lipinski definition) is 2. The summed E-state index contributed by atoms with van der Waals surface area (Å²) >= 11 is 11.2. The van der Waals surface area contributed by atoms with E-state index in [0.29, 0.717) is 10.2 Å². The molecule has 0 aromatic heterocycles. The molecule has 0 amide bonds. The van der Waals surface area contributed by atoms with Gasteiger partial charge in [-0.15, -0.1) is 0 Å². The number of benzene rings is 1. The SMILES string of the molecule is CC(Cl)=NNc1ccc(Cl)cc1. The van der Waals surface area contributed by atoms with Gasteiger partial charge in [-0.1, -0.05) is 23.2 Å². The van der Waals surface area contributed by atoms with Crippen molar-refractivity contribution in [1.29, 1.82) is 0 Å². The summed E-state index contributed by atoms with van der Waals surface area (Å²) in [7, 11) is 0. The van der Waals surface area contributed by atoms with E-state index in [1.54, 1.807) is 19.1 Å². The fraction of sp³-hybridized carbons (Fsp3) is 0.125. The highest BCUT2D eigenvalue weighted by Gasteiger charge is 1.89. The van der Waals surface area contributed by atoms with E-state index in [-0.39, 0.29) is 0 Å². The zero-order chi connectivity index (χ0) is 8.97. The van der Waals surface area contributed by atoms with Gasteiger partial charge in [-0.25, -0.2) is 0 Å². The van der Waals surface area contributed by atoms with Gasteiger partial charge in [-0.3, -0.25) is 5.43 Å². The second kappa shape index (κ2) is 4.33. The van der Waals surface area contributed by atoms with E-state index in [0.717, 1.165) is 5.69 Å². The molecule has 64 valence electrons. The summed E-state index contributed by atoms with van der Waals surface area (Å²) in [6.45, 7) is 1.70. The summed E-state index contributed by atoms with van der Waals surface area (Å²) < 4.78 is 0. The minimum absolute atomic E-state index is 0.463. The molecule has 0 radical (unpaired) electrons. The zero-order valence-electron chi connectivity index (χ0n) is 6.51. The normalized spacial score (nSPS) is 11.4. The lowest BCUT2D eigenvalue weighted by Crippen LogP contribution is -1.90. The molecule has 4 heteroatoms. The topological polar surface area (TPSA) is 24.4 Å². The molecule has 0 unspecified atom stereocenters. The lowest BCUT2D eigenvalue weighted by atomic mass is 10.3. The van der Waals surface area contributed by atoms with E-state index in [9.17, 15) is 0 Å². The first kappa shape index (κ1) is 9.36. The molecular weight excluding hydrogens is 195 g/mol. The van der Waals surface area contributed by atoms with Gasteiger partial charge in [0.2, 0.25) is 0 Å². The van der Waals surface area contributed by atoms with Crippen LogP contribution >= 0.6 is 23.2 Å². The van der Waals surface area contributed by atoms with Gasteiger partial charge in [0.15, 0.2) is 0 Å². The summed E-state index contributed by atoms with van der Waals surface area (Å²) in [5.41, 5.74) is 3.63. The van der Waals surface area contributed by atoms with Crippen molar-refractivity contribution < 1.29 is 0 Å². The number of hydrazone groups is 1. The number of halogens is 2. The Morgan fingerprint density at radius 1 is 1.33 bits per heavy atom. The van der Waals surface area contributed by atoms with Gasteiger partial charge < -0.3 is 0 Å². The van der Waals surface area contributed by atoms with E-state index in [2.05, 4.69) is 10.5 Å². The van der Waals surface area contributed by atoms with Crippen LogP contribution in [0.5, 0.6) is 0 Å². The van der Waals surface area contributed by atoms with E-state index in [4.69, 9.17) is 23.2 Å². The van der Waals surface area contributed by atoms with Crippen molar-refractivity contribution in [1.82, 2.24) is 0 Å². The van der Waals surface area contributed by atoms with E-state index in [1.807, 2.05) is 12.1 Å². The molecule has 0 saturated heterocycles. The maximum atomic E-state index is 5.68. The van der Waals surface area contributed by atoms with Gasteiger partial charge in [-0.05, 0) is 31.2 Å². The third-order valence-corrected chi connectivity index (χ3v) is 1.52. The van der Waals surface area contributed by atoms with Crippen LogP contribution in [0.3, 0.4) is 0 Å². The van der Waals surface area contributed by atoms with Crippen molar-refractivity contribution in [3.05, 3.63) is 29.3 Å². The van der Waals surface area contributed by atoms with Gasteiger partial charge in [0.05, 0.1) is 5.69 Å². The van der Waals surface area contributed by atoms with Crippen LogP contribution in [0.15, 0.2) is 29.4 Å². The molecule has 12 heavy (non-hydrogen) atoms. The van der Waals surface area contributed by atoms with Gasteiger partial charge in [0.25, 0.3) is 0 Å². The predicted octanol–water partition coefficient (Wildman–Crippen LogP) is 3.32. The lowest BCUT2D eigenvalue weighted by Gasteiger charge is -1.98. The third-order valence-electron chi connectivity index (χ3n) is 1.18. The third kappa shape index (κ3) is 3.11. The first-order valence-corrected chi connectivity index (χ1v) is 4.15. The smallest absolute Gasteiger partial charge is 0.123 e. The molecule has 0 aliphatic rings. The van der Waals surface area contributed by atoms with E-state index >= 15 is 0 Å². The fourth-order valence-electron chi connectivity index (χ4n) is 0.666. The molecule has 1 rings (SSSR count). The standard InChI is InChI=1S/C8H8Cl2N2/c1-6(9)11-12-8-4-2-7(10)3-5-8/h2-5,12H,1H3. The average Bonchev–Trinajstić information content (AvgIpc) is 2.03. The second-order valence-electron chi connectivity index (χ2n) is 2.23. The van der Waals surface area contributed by atoms with Gasteiger partial charge in [-0.2, -0.15) is 5.10 Å². The average molecular weight is 203 g/mol. The monoisotopic (exact) mass is 202 g/mol. The Morgan fingerprint density at radius 3 is 2.42 bits per heavy atom. The molecule has 0 atom stereocenters. The molecule has 1 aromatic rings. The van der Waals surface area contributed by atoms with Crippen LogP contribution in [0.2, 0.25) is 5.02 Å². The summed E-state index contributed by atoms with van der Waals surface area (Å²) in [5.74, 6) is 0. The molecule has 0 aliphatic heterocycles. The lowest BCUT2D eigenvalue weighted by molar-refractivity contribution is 1.34. The number of rotatable bonds is 2. The van der Waals surface area contributed by atoms with Crippen LogP contribution in [-0.2, 0) is 0 Å². The molecule has 0 spiro atoms. The minimum atomic E-state index is 0.463. The Hall–Kier alpha value is -0.730. The van der Waals surface area contributed by atoms with Crippen LogP contribution in [0, 0.1) is 0 Å². The van der Waals surface area contributed by atoms with Crippen molar-refractivity contribution in [2.75, 3.05) is 5.43 Å². The number of hydrogen-bond donors (Lipinski definition) is 1. The quantitative estimate of drug-likeness (QED) is 0.578. The van der Waals surface area contributed by atoms with Crippen molar-refractivity contribution in [2.45, 2.75) is 6.92 Å².